The molecular weight excluding hydrogens is 354 g/mol. The number of aliphatic hydroxyl groups excluding tert-OH is 2. The highest BCUT2D eigenvalue weighted by Crippen LogP contribution is 2.35. The lowest BCUT2D eigenvalue weighted by Crippen LogP contribution is -2.30. The number of rotatable bonds is 4. The van der Waals surface area contributed by atoms with Gasteiger partial charge in [0, 0.05) is 0 Å². The Kier molecular flexibility index (Phi) is 4.49. The number of hydrogen-bond donors (Lipinski definition) is 3. The van der Waals surface area contributed by atoms with Gasteiger partial charge in [-0.3, -0.25) is 9.40 Å². The summed E-state index contributed by atoms with van der Waals surface area (Å²) in [6.45, 7) is -0.663. The van der Waals surface area contributed by atoms with Crippen molar-refractivity contribution in [3.63, 3.8) is 0 Å². The minimum absolute atomic E-state index is 0.118. The molecule has 0 aromatic carbocycles. The fourth-order valence-corrected chi connectivity index (χ4v) is 2.48. The van der Waals surface area contributed by atoms with Crippen LogP contribution >= 0.6 is 0 Å². The lowest BCUT2D eigenvalue weighted by Gasteiger charge is -2.16. The highest BCUT2D eigenvalue weighted by atomic mass is 19.4. The maximum absolute atomic E-state index is 14.3. The van der Waals surface area contributed by atoms with Gasteiger partial charge in [0.05, 0.1) is 20.0 Å². The van der Waals surface area contributed by atoms with Crippen LogP contribution in [0.4, 0.5) is 23.4 Å². The first-order valence-corrected chi connectivity index (χ1v) is 6.97. The molecule has 0 bridgehead atoms. The van der Waals surface area contributed by atoms with E-state index in [1.807, 2.05) is 0 Å². The molecule has 9 nitrogen and oxygen atoms in total. The highest BCUT2D eigenvalue weighted by molar-refractivity contribution is 5.82. The Morgan fingerprint density at radius 3 is 2.68 bits per heavy atom. The van der Waals surface area contributed by atoms with Crippen molar-refractivity contribution >= 4 is 17.0 Å². The SMILES string of the molecule is CONc1nc(C(F)(F)F)nc2c1ncn2[C@@H]1O[C@H](CO)[C@@H](O)[C@@H]1F. The molecule has 4 atom stereocenters. The van der Waals surface area contributed by atoms with Crippen molar-refractivity contribution in [3.05, 3.63) is 12.2 Å². The smallest absolute Gasteiger partial charge is 0.394 e. The molecule has 0 spiro atoms. The number of hydrogen-bond acceptors (Lipinski definition) is 8. The van der Waals surface area contributed by atoms with Crippen LogP contribution in [0, 0.1) is 0 Å². The lowest BCUT2D eigenvalue weighted by molar-refractivity contribution is -0.144. The van der Waals surface area contributed by atoms with Crippen molar-refractivity contribution in [3.8, 4) is 0 Å². The van der Waals surface area contributed by atoms with Gasteiger partial charge in [-0.1, -0.05) is 0 Å². The standard InChI is InChI=1S/C12H13F4N5O4/c1-24-20-8-6-9(19-11(18-8)12(14,15)16)21(3-17-6)10-5(13)7(23)4(2-22)25-10/h3-5,7,10,22-23H,2H2,1H3,(H,18,19,20)/t4-,5+,7-,10-/m1/s1. The second-order valence-electron chi connectivity index (χ2n) is 5.21. The van der Waals surface area contributed by atoms with Crippen LogP contribution in [0.2, 0.25) is 0 Å². The molecule has 138 valence electrons. The topological polar surface area (TPSA) is 115 Å². The minimum atomic E-state index is -4.87. The Hall–Kier alpha value is -2.09. The van der Waals surface area contributed by atoms with Crippen molar-refractivity contribution in [1.29, 1.82) is 0 Å². The monoisotopic (exact) mass is 367 g/mol. The van der Waals surface area contributed by atoms with E-state index in [2.05, 4.69) is 25.3 Å². The molecule has 3 N–H and O–H groups in total. The van der Waals surface area contributed by atoms with E-state index in [0.29, 0.717) is 0 Å². The molecule has 1 saturated heterocycles. The van der Waals surface area contributed by atoms with Crippen molar-refractivity contribution in [2.45, 2.75) is 30.8 Å². The summed E-state index contributed by atoms with van der Waals surface area (Å²) >= 11 is 0. The Balaban J connectivity index is 2.12. The van der Waals surface area contributed by atoms with Gasteiger partial charge in [0.25, 0.3) is 0 Å². The molecule has 2 aromatic heterocycles. The zero-order chi connectivity index (χ0) is 18.4. The molecule has 0 unspecified atom stereocenters. The van der Waals surface area contributed by atoms with E-state index in [9.17, 15) is 22.7 Å². The van der Waals surface area contributed by atoms with E-state index >= 15 is 0 Å². The molecule has 1 fully saturated rings. The largest absolute Gasteiger partial charge is 0.451 e. The summed E-state index contributed by atoms with van der Waals surface area (Å²) in [7, 11) is 1.16. The van der Waals surface area contributed by atoms with Crippen LogP contribution in [0.5, 0.6) is 0 Å². The Bertz CT molecular complexity index is 770. The van der Waals surface area contributed by atoms with Crippen molar-refractivity contribution in [1.82, 2.24) is 19.5 Å². The summed E-state index contributed by atoms with van der Waals surface area (Å²) in [5.41, 5.74) is 1.66. The maximum Gasteiger partial charge on any atom is 0.451 e. The van der Waals surface area contributed by atoms with Crippen molar-refractivity contribution in [2.24, 2.45) is 0 Å². The lowest BCUT2D eigenvalue weighted by atomic mass is 10.1. The van der Waals surface area contributed by atoms with E-state index in [0.717, 1.165) is 18.0 Å². The molecule has 3 heterocycles. The second-order valence-corrected chi connectivity index (χ2v) is 5.21. The predicted molar refractivity (Wildman–Crippen MR) is 72.9 cm³/mol. The van der Waals surface area contributed by atoms with Crippen LogP contribution in [-0.2, 0) is 15.8 Å². The summed E-state index contributed by atoms with van der Waals surface area (Å²) in [4.78, 5) is 15.1. The zero-order valence-corrected chi connectivity index (χ0v) is 12.6. The molecule has 25 heavy (non-hydrogen) atoms. The van der Waals surface area contributed by atoms with E-state index in [4.69, 9.17) is 9.84 Å². The number of imidazole rings is 1. The van der Waals surface area contributed by atoms with Gasteiger partial charge >= 0.3 is 6.18 Å². The number of fused-ring (bicyclic) bond motifs is 1. The zero-order valence-electron chi connectivity index (χ0n) is 12.6. The summed E-state index contributed by atoms with van der Waals surface area (Å²) in [6, 6.07) is 0. The van der Waals surface area contributed by atoms with Gasteiger partial charge in [0.1, 0.15) is 12.2 Å². The maximum atomic E-state index is 14.3. The summed E-state index contributed by atoms with van der Waals surface area (Å²) < 4.78 is 59.3. The van der Waals surface area contributed by atoms with Gasteiger partial charge in [0.15, 0.2) is 29.4 Å². The minimum Gasteiger partial charge on any atom is -0.394 e. The number of nitrogens with one attached hydrogen (secondary N) is 1. The number of anilines is 1. The van der Waals surface area contributed by atoms with Crippen molar-refractivity contribution < 1.29 is 37.3 Å². The summed E-state index contributed by atoms with van der Waals surface area (Å²) in [5.74, 6) is -1.86. The van der Waals surface area contributed by atoms with Crippen LogP contribution < -0.4 is 5.48 Å². The average molecular weight is 367 g/mol. The molecule has 0 aliphatic carbocycles. The third-order valence-electron chi connectivity index (χ3n) is 3.62. The van der Waals surface area contributed by atoms with Crippen LogP contribution in [0.1, 0.15) is 12.1 Å². The van der Waals surface area contributed by atoms with Gasteiger partial charge in [-0.25, -0.2) is 24.8 Å². The van der Waals surface area contributed by atoms with Crippen LogP contribution in [0.25, 0.3) is 11.2 Å². The van der Waals surface area contributed by atoms with Gasteiger partial charge < -0.3 is 14.9 Å². The number of ether oxygens (including phenoxy) is 1. The van der Waals surface area contributed by atoms with E-state index in [1.54, 1.807) is 0 Å². The highest BCUT2D eigenvalue weighted by Gasteiger charge is 2.46. The van der Waals surface area contributed by atoms with E-state index in [-0.39, 0.29) is 17.0 Å². The third kappa shape index (κ3) is 2.99. The van der Waals surface area contributed by atoms with Crippen LogP contribution in [0.15, 0.2) is 6.33 Å². The molecule has 3 rings (SSSR count). The number of alkyl halides is 4. The fraction of sp³-hybridized carbons (Fsp3) is 0.583. The molecule has 1 aliphatic rings. The average Bonchev–Trinajstić information content (AvgIpc) is 3.09. The molecule has 1 aliphatic heterocycles. The van der Waals surface area contributed by atoms with Gasteiger partial charge in [-0.15, -0.1) is 0 Å². The number of halogens is 4. The van der Waals surface area contributed by atoms with E-state index < -0.39 is 43.2 Å². The van der Waals surface area contributed by atoms with Gasteiger partial charge in [0.2, 0.25) is 5.82 Å². The first-order chi connectivity index (χ1) is 11.8. The number of aliphatic hydroxyl groups is 2. The third-order valence-corrected chi connectivity index (χ3v) is 3.62. The molecule has 0 radical (unpaired) electrons. The number of nitrogens with zero attached hydrogens (tertiary/aromatic N) is 4. The Morgan fingerprint density at radius 1 is 1.40 bits per heavy atom. The summed E-state index contributed by atoms with van der Waals surface area (Å²) in [5, 5.41) is 18.8. The molecule has 0 saturated carbocycles. The molecule has 2 aromatic rings. The number of aromatic nitrogens is 4. The normalized spacial score (nSPS) is 27.2. The Morgan fingerprint density at radius 2 is 2.12 bits per heavy atom. The predicted octanol–water partition coefficient (Wildman–Crippen LogP) is 0.407. The molecule has 0 amide bonds. The second kappa shape index (κ2) is 6.33. The fourth-order valence-electron chi connectivity index (χ4n) is 2.48. The quantitative estimate of drug-likeness (QED) is 0.526. The molecule has 13 heteroatoms. The first-order valence-electron chi connectivity index (χ1n) is 6.97. The van der Waals surface area contributed by atoms with Crippen LogP contribution in [-0.4, -0.2) is 61.8 Å². The van der Waals surface area contributed by atoms with Crippen LogP contribution in [0.3, 0.4) is 0 Å². The Labute approximate surface area is 137 Å². The van der Waals surface area contributed by atoms with Crippen molar-refractivity contribution in [2.75, 3.05) is 19.2 Å². The molecular formula is C12H13F4N5O4. The summed E-state index contributed by atoms with van der Waals surface area (Å²) in [6.07, 6.45) is -10.2. The first kappa shape index (κ1) is 17.7. The van der Waals surface area contributed by atoms with E-state index in [1.165, 1.54) is 0 Å². The van der Waals surface area contributed by atoms with Gasteiger partial charge in [-0.05, 0) is 0 Å². The van der Waals surface area contributed by atoms with Gasteiger partial charge in [-0.2, -0.15) is 13.2 Å².